The van der Waals surface area contributed by atoms with Gasteiger partial charge in [0.15, 0.2) is 0 Å². The Kier molecular flexibility index (Phi) is 9.31. The van der Waals surface area contributed by atoms with Crippen molar-refractivity contribution in [1.29, 1.82) is 0 Å². The number of nitrogens with zero attached hydrogens (tertiary/aromatic N) is 1. The van der Waals surface area contributed by atoms with Crippen LogP contribution in [0.2, 0.25) is 0 Å². The fraction of sp³-hybridized carbons (Fsp3) is 0.857. The van der Waals surface area contributed by atoms with E-state index in [1.54, 1.807) is 0 Å². The number of carbonyl (C=O) groups is 3. The Morgan fingerprint density at radius 2 is 1.54 bits per heavy atom. The lowest BCUT2D eigenvalue weighted by Gasteiger charge is -2.29. The molecule has 150 valence electrons. The van der Waals surface area contributed by atoms with Gasteiger partial charge in [-0.3, -0.25) is 19.3 Å². The third-order valence-corrected chi connectivity index (χ3v) is 5.97. The van der Waals surface area contributed by atoms with Crippen molar-refractivity contribution < 1.29 is 19.5 Å². The highest BCUT2D eigenvalue weighted by Crippen LogP contribution is 2.42. The van der Waals surface area contributed by atoms with E-state index < -0.39 is 23.7 Å². The average molecular weight is 368 g/mol. The molecule has 1 N–H and O–H groups in total. The third-order valence-electron chi connectivity index (χ3n) is 5.97. The molecular weight excluding hydrogens is 330 g/mol. The molecule has 0 bridgehead atoms. The largest absolute Gasteiger partial charge is 0.481 e. The Bertz CT molecular complexity index is 488. The number of hydrogen-bond donors (Lipinski definition) is 1. The number of carboxylic acids is 1. The molecule has 26 heavy (non-hydrogen) atoms. The van der Waals surface area contributed by atoms with Crippen molar-refractivity contribution in [2.24, 2.45) is 29.6 Å². The number of carboxylic acid groups (broad SMARTS) is 1. The summed E-state index contributed by atoms with van der Waals surface area (Å²) in [6, 6.07) is 0. The molecule has 1 aliphatic rings. The smallest absolute Gasteiger partial charge is 0.307 e. The Morgan fingerprint density at radius 1 is 1.00 bits per heavy atom. The van der Waals surface area contributed by atoms with Crippen LogP contribution in [0, 0.1) is 29.6 Å². The summed E-state index contributed by atoms with van der Waals surface area (Å²) in [6.07, 6.45) is 8.79. The van der Waals surface area contributed by atoms with Gasteiger partial charge in [-0.05, 0) is 18.3 Å². The van der Waals surface area contributed by atoms with Gasteiger partial charge in [0.05, 0.1) is 17.8 Å². The predicted octanol–water partition coefficient (Wildman–Crippen LogP) is 4.35. The molecule has 0 aromatic rings. The first-order valence-corrected chi connectivity index (χ1v) is 10.3. The summed E-state index contributed by atoms with van der Waals surface area (Å²) in [5, 5.41) is 9.68. The van der Waals surface area contributed by atoms with Crippen molar-refractivity contribution in [2.45, 2.75) is 79.1 Å². The van der Waals surface area contributed by atoms with Crippen LogP contribution in [0.25, 0.3) is 0 Å². The summed E-state index contributed by atoms with van der Waals surface area (Å²) in [7, 11) is 1.49. The third kappa shape index (κ3) is 5.31. The molecule has 5 heteroatoms. The van der Waals surface area contributed by atoms with Gasteiger partial charge < -0.3 is 5.11 Å². The summed E-state index contributed by atoms with van der Waals surface area (Å²) in [5.41, 5.74) is 0. The monoisotopic (exact) mass is 367 g/mol. The van der Waals surface area contributed by atoms with E-state index in [9.17, 15) is 19.5 Å². The molecule has 0 aliphatic carbocycles. The quantitative estimate of drug-likeness (QED) is 0.411. The van der Waals surface area contributed by atoms with Gasteiger partial charge in [-0.25, -0.2) is 0 Å². The molecule has 4 unspecified atom stereocenters. The van der Waals surface area contributed by atoms with Crippen molar-refractivity contribution in [3.8, 4) is 0 Å². The molecular formula is C21H37NO4. The maximum absolute atomic E-state index is 12.8. The summed E-state index contributed by atoms with van der Waals surface area (Å²) < 4.78 is 0. The highest BCUT2D eigenvalue weighted by atomic mass is 16.4. The predicted molar refractivity (Wildman–Crippen MR) is 102 cm³/mol. The number of imide groups is 1. The molecule has 1 rings (SSSR count). The van der Waals surface area contributed by atoms with Crippen molar-refractivity contribution in [3.63, 3.8) is 0 Å². The highest BCUT2D eigenvalue weighted by Gasteiger charge is 2.54. The summed E-state index contributed by atoms with van der Waals surface area (Å²) in [4.78, 5) is 38.4. The fourth-order valence-electron chi connectivity index (χ4n) is 4.41. The summed E-state index contributed by atoms with van der Waals surface area (Å²) in [5.74, 6) is -3.61. The number of amides is 2. The van der Waals surface area contributed by atoms with Crippen molar-refractivity contribution >= 4 is 17.8 Å². The molecule has 1 saturated heterocycles. The van der Waals surface area contributed by atoms with E-state index in [2.05, 4.69) is 6.92 Å². The zero-order chi connectivity index (χ0) is 19.9. The van der Waals surface area contributed by atoms with E-state index in [0.717, 1.165) is 30.6 Å². The van der Waals surface area contributed by atoms with Crippen LogP contribution in [0.15, 0.2) is 0 Å². The van der Waals surface area contributed by atoms with Crippen LogP contribution >= 0.6 is 0 Å². The van der Waals surface area contributed by atoms with Crippen LogP contribution in [-0.4, -0.2) is 34.8 Å². The SMILES string of the molecule is CCCCCCCCC(CC)C1C(=O)N(C)C(=O)C1C(C(=O)O)C(C)C. The number of likely N-dealkylation sites (tertiary alicyclic amines) is 1. The van der Waals surface area contributed by atoms with Gasteiger partial charge >= 0.3 is 5.97 Å². The second-order valence-corrected chi connectivity index (χ2v) is 8.12. The number of aliphatic carboxylic acids is 1. The normalized spacial score (nSPS) is 22.9. The van der Waals surface area contributed by atoms with Gasteiger partial charge in [0.1, 0.15) is 0 Å². The molecule has 1 aliphatic heterocycles. The van der Waals surface area contributed by atoms with Crippen LogP contribution in [0.1, 0.15) is 79.1 Å². The van der Waals surface area contributed by atoms with Crippen molar-refractivity contribution in [3.05, 3.63) is 0 Å². The van der Waals surface area contributed by atoms with Crippen LogP contribution in [-0.2, 0) is 14.4 Å². The van der Waals surface area contributed by atoms with E-state index in [-0.39, 0.29) is 23.7 Å². The second kappa shape index (κ2) is 10.7. The van der Waals surface area contributed by atoms with Crippen molar-refractivity contribution in [1.82, 2.24) is 4.90 Å². The molecule has 4 atom stereocenters. The number of unbranched alkanes of at least 4 members (excludes halogenated alkanes) is 5. The minimum Gasteiger partial charge on any atom is -0.481 e. The zero-order valence-corrected chi connectivity index (χ0v) is 17.2. The van der Waals surface area contributed by atoms with Gasteiger partial charge in [-0.2, -0.15) is 0 Å². The Hall–Kier alpha value is -1.39. The number of hydrogen-bond acceptors (Lipinski definition) is 3. The Balaban J connectivity index is 2.89. The summed E-state index contributed by atoms with van der Waals surface area (Å²) in [6.45, 7) is 7.88. The van der Waals surface area contributed by atoms with E-state index in [1.165, 1.54) is 32.7 Å². The van der Waals surface area contributed by atoms with Gasteiger partial charge in [0, 0.05) is 7.05 Å². The van der Waals surface area contributed by atoms with Crippen LogP contribution in [0.5, 0.6) is 0 Å². The highest BCUT2D eigenvalue weighted by molar-refractivity contribution is 6.06. The minimum atomic E-state index is -0.971. The molecule has 0 saturated carbocycles. The zero-order valence-electron chi connectivity index (χ0n) is 17.2. The molecule has 0 aromatic heterocycles. The minimum absolute atomic E-state index is 0.0770. The topological polar surface area (TPSA) is 74.7 Å². The van der Waals surface area contributed by atoms with Gasteiger partial charge in [-0.1, -0.05) is 72.6 Å². The van der Waals surface area contributed by atoms with Gasteiger partial charge in [0.25, 0.3) is 0 Å². The molecule has 1 fully saturated rings. The van der Waals surface area contributed by atoms with Crippen molar-refractivity contribution in [2.75, 3.05) is 7.05 Å². The maximum Gasteiger partial charge on any atom is 0.307 e. The fourth-order valence-corrected chi connectivity index (χ4v) is 4.41. The number of rotatable bonds is 12. The molecule has 0 aromatic carbocycles. The van der Waals surface area contributed by atoms with E-state index in [0.29, 0.717) is 0 Å². The number of carbonyl (C=O) groups excluding carboxylic acids is 2. The molecule has 0 spiro atoms. The lowest BCUT2D eigenvalue weighted by Crippen LogP contribution is -2.38. The summed E-state index contributed by atoms with van der Waals surface area (Å²) >= 11 is 0. The first-order chi connectivity index (χ1) is 12.3. The van der Waals surface area contributed by atoms with Crippen LogP contribution in [0.3, 0.4) is 0 Å². The van der Waals surface area contributed by atoms with E-state index in [1.807, 2.05) is 20.8 Å². The Morgan fingerprint density at radius 3 is 2.04 bits per heavy atom. The van der Waals surface area contributed by atoms with Gasteiger partial charge in [0.2, 0.25) is 11.8 Å². The van der Waals surface area contributed by atoms with E-state index in [4.69, 9.17) is 0 Å². The maximum atomic E-state index is 12.8. The van der Waals surface area contributed by atoms with Gasteiger partial charge in [-0.15, -0.1) is 0 Å². The lowest BCUT2D eigenvalue weighted by atomic mass is 9.70. The van der Waals surface area contributed by atoms with Crippen LogP contribution < -0.4 is 0 Å². The first kappa shape index (κ1) is 22.7. The average Bonchev–Trinajstić information content (AvgIpc) is 2.79. The molecule has 5 nitrogen and oxygen atoms in total. The van der Waals surface area contributed by atoms with E-state index >= 15 is 0 Å². The standard InChI is InChI=1S/C21H37NO4/c1-6-8-9-10-11-12-13-15(7-2)17-18(16(14(3)4)21(25)26)20(24)22(5)19(17)23/h14-18H,6-13H2,1-5H3,(H,25,26). The molecule has 2 amide bonds. The molecule has 1 heterocycles. The molecule has 0 radical (unpaired) electrons. The Labute approximate surface area is 158 Å². The van der Waals surface area contributed by atoms with Crippen LogP contribution in [0.4, 0.5) is 0 Å². The lowest BCUT2D eigenvalue weighted by molar-refractivity contribution is -0.150. The second-order valence-electron chi connectivity index (χ2n) is 8.12. The first-order valence-electron chi connectivity index (χ1n) is 10.3.